The first kappa shape index (κ1) is 12.1. The van der Waals surface area contributed by atoms with E-state index in [2.05, 4.69) is 4.98 Å². The zero-order valence-corrected chi connectivity index (χ0v) is 10.6. The Balaban J connectivity index is 2.42. The molecule has 0 saturated carbocycles. The number of thioether (sulfide) groups is 1. The van der Waals surface area contributed by atoms with Crippen molar-refractivity contribution < 1.29 is 9.13 Å². The van der Waals surface area contributed by atoms with Crippen molar-refractivity contribution in [1.29, 1.82) is 0 Å². The topological polar surface area (TPSA) is 22.1 Å². The summed E-state index contributed by atoms with van der Waals surface area (Å²) in [4.78, 5) is 3.66. The van der Waals surface area contributed by atoms with Crippen LogP contribution in [0, 0.1) is 5.95 Å². The standard InChI is InChI=1S/C11H13ClFNOS/c1-15-11(2-4-16-5-3-11)9-6-8(12)7-14-10(9)13/h6-7H,2-5H2,1H3. The van der Waals surface area contributed by atoms with Gasteiger partial charge in [-0.2, -0.15) is 16.2 Å². The first-order chi connectivity index (χ1) is 7.68. The molecule has 1 saturated heterocycles. The third-order valence-corrected chi connectivity index (χ3v) is 4.18. The summed E-state index contributed by atoms with van der Waals surface area (Å²) in [5.41, 5.74) is -0.0597. The number of nitrogens with zero attached hydrogens (tertiary/aromatic N) is 1. The van der Waals surface area contributed by atoms with E-state index in [0.29, 0.717) is 10.6 Å². The number of hydrogen-bond donors (Lipinski definition) is 0. The van der Waals surface area contributed by atoms with Gasteiger partial charge in [0.1, 0.15) is 0 Å². The third-order valence-electron chi connectivity index (χ3n) is 2.99. The van der Waals surface area contributed by atoms with E-state index in [9.17, 15) is 4.39 Å². The summed E-state index contributed by atoms with van der Waals surface area (Å²) < 4.78 is 19.3. The Morgan fingerprint density at radius 1 is 1.50 bits per heavy atom. The van der Waals surface area contributed by atoms with Crippen molar-refractivity contribution in [1.82, 2.24) is 4.98 Å². The molecular formula is C11H13ClFNOS. The molecule has 0 amide bonds. The van der Waals surface area contributed by atoms with Gasteiger partial charge in [-0.15, -0.1) is 0 Å². The number of methoxy groups -OCH3 is 1. The van der Waals surface area contributed by atoms with Gasteiger partial charge in [-0.3, -0.25) is 0 Å². The van der Waals surface area contributed by atoms with Gasteiger partial charge >= 0.3 is 0 Å². The summed E-state index contributed by atoms with van der Waals surface area (Å²) in [6, 6.07) is 1.63. The largest absolute Gasteiger partial charge is 0.373 e. The lowest BCUT2D eigenvalue weighted by Crippen LogP contribution is -2.34. The van der Waals surface area contributed by atoms with E-state index >= 15 is 0 Å². The molecule has 0 aromatic carbocycles. The Morgan fingerprint density at radius 3 is 2.81 bits per heavy atom. The van der Waals surface area contributed by atoms with Crippen molar-refractivity contribution in [2.45, 2.75) is 18.4 Å². The number of halogens is 2. The minimum absolute atomic E-state index is 0.450. The molecule has 1 aromatic rings. The van der Waals surface area contributed by atoms with Gasteiger partial charge in [0, 0.05) is 18.9 Å². The van der Waals surface area contributed by atoms with Crippen LogP contribution in [0.5, 0.6) is 0 Å². The fourth-order valence-electron chi connectivity index (χ4n) is 2.03. The molecule has 0 aliphatic carbocycles. The summed E-state index contributed by atoms with van der Waals surface area (Å²) >= 11 is 7.73. The second kappa shape index (κ2) is 4.90. The first-order valence-electron chi connectivity index (χ1n) is 5.12. The van der Waals surface area contributed by atoms with Gasteiger partial charge in [0.15, 0.2) is 0 Å². The van der Waals surface area contributed by atoms with Crippen molar-refractivity contribution in [3.8, 4) is 0 Å². The maximum Gasteiger partial charge on any atom is 0.219 e. The van der Waals surface area contributed by atoms with Crippen LogP contribution in [0.4, 0.5) is 4.39 Å². The van der Waals surface area contributed by atoms with E-state index < -0.39 is 11.5 Å². The Morgan fingerprint density at radius 2 is 2.19 bits per heavy atom. The molecule has 0 atom stereocenters. The highest BCUT2D eigenvalue weighted by Gasteiger charge is 2.37. The van der Waals surface area contributed by atoms with Gasteiger partial charge in [0.05, 0.1) is 10.6 Å². The molecule has 88 valence electrons. The summed E-state index contributed by atoms with van der Waals surface area (Å²) in [7, 11) is 1.62. The second-order valence-corrected chi connectivity index (χ2v) is 5.46. The Hall–Kier alpha value is -0.320. The van der Waals surface area contributed by atoms with Gasteiger partial charge in [0.25, 0.3) is 0 Å². The Bertz CT molecular complexity index is 382. The fourth-order valence-corrected chi connectivity index (χ4v) is 3.34. The molecule has 2 heterocycles. The number of aromatic nitrogens is 1. The van der Waals surface area contributed by atoms with Gasteiger partial charge < -0.3 is 4.74 Å². The lowest BCUT2D eigenvalue weighted by molar-refractivity contribution is -0.0252. The van der Waals surface area contributed by atoms with Crippen molar-refractivity contribution in [3.05, 3.63) is 28.8 Å². The van der Waals surface area contributed by atoms with E-state index in [1.54, 1.807) is 13.2 Å². The molecule has 1 aliphatic heterocycles. The second-order valence-electron chi connectivity index (χ2n) is 3.80. The van der Waals surface area contributed by atoms with Crippen LogP contribution < -0.4 is 0 Å². The molecule has 16 heavy (non-hydrogen) atoms. The van der Waals surface area contributed by atoms with Crippen LogP contribution in [0.1, 0.15) is 18.4 Å². The number of ether oxygens (including phenoxy) is 1. The lowest BCUT2D eigenvalue weighted by Gasteiger charge is -2.36. The smallest absolute Gasteiger partial charge is 0.219 e. The fraction of sp³-hybridized carbons (Fsp3) is 0.545. The highest BCUT2D eigenvalue weighted by Crippen LogP contribution is 2.40. The lowest BCUT2D eigenvalue weighted by atomic mass is 9.88. The molecule has 1 aromatic heterocycles. The van der Waals surface area contributed by atoms with E-state index in [1.807, 2.05) is 11.8 Å². The Kier molecular flexibility index (Phi) is 3.72. The molecule has 1 aliphatic rings. The molecule has 0 bridgehead atoms. The van der Waals surface area contributed by atoms with E-state index in [4.69, 9.17) is 16.3 Å². The molecule has 5 heteroatoms. The molecule has 2 rings (SSSR count). The van der Waals surface area contributed by atoms with E-state index in [-0.39, 0.29) is 0 Å². The molecule has 0 spiro atoms. The minimum Gasteiger partial charge on any atom is -0.373 e. The van der Waals surface area contributed by atoms with E-state index in [0.717, 1.165) is 24.3 Å². The molecule has 2 nitrogen and oxygen atoms in total. The minimum atomic E-state index is -0.548. The third kappa shape index (κ3) is 2.19. The predicted octanol–water partition coefficient (Wildman–Crippen LogP) is 3.24. The highest BCUT2D eigenvalue weighted by molar-refractivity contribution is 7.99. The zero-order chi connectivity index (χ0) is 11.6. The molecule has 0 N–H and O–H groups in total. The number of rotatable bonds is 2. The van der Waals surface area contributed by atoms with Crippen molar-refractivity contribution in [3.63, 3.8) is 0 Å². The molecular weight excluding hydrogens is 249 g/mol. The van der Waals surface area contributed by atoms with Crippen molar-refractivity contribution in [2.24, 2.45) is 0 Å². The summed E-state index contributed by atoms with van der Waals surface area (Å²) in [5, 5.41) is 0.450. The monoisotopic (exact) mass is 261 g/mol. The number of hydrogen-bond acceptors (Lipinski definition) is 3. The van der Waals surface area contributed by atoms with Crippen LogP contribution >= 0.6 is 23.4 Å². The summed E-state index contributed by atoms with van der Waals surface area (Å²) in [5.74, 6) is 1.47. The van der Waals surface area contributed by atoms with Crippen LogP contribution in [-0.4, -0.2) is 23.6 Å². The van der Waals surface area contributed by atoms with Gasteiger partial charge in [-0.1, -0.05) is 11.6 Å². The average molecular weight is 262 g/mol. The van der Waals surface area contributed by atoms with Crippen LogP contribution in [0.25, 0.3) is 0 Å². The van der Waals surface area contributed by atoms with Crippen LogP contribution in [0.15, 0.2) is 12.3 Å². The van der Waals surface area contributed by atoms with Crippen LogP contribution in [0.2, 0.25) is 5.02 Å². The maximum absolute atomic E-state index is 13.7. The van der Waals surface area contributed by atoms with Crippen molar-refractivity contribution in [2.75, 3.05) is 18.6 Å². The van der Waals surface area contributed by atoms with Gasteiger partial charge in [0.2, 0.25) is 5.95 Å². The van der Waals surface area contributed by atoms with Gasteiger partial charge in [-0.05, 0) is 30.4 Å². The van der Waals surface area contributed by atoms with E-state index in [1.165, 1.54) is 6.20 Å². The Labute approximate surface area is 104 Å². The summed E-state index contributed by atoms with van der Waals surface area (Å²) in [6.45, 7) is 0. The van der Waals surface area contributed by atoms with Crippen LogP contribution in [-0.2, 0) is 10.3 Å². The SMILES string of the molecule is COC1(c2cc(Cl)cnc2F)CCSCC1. The quantitative estimate of drug-likeness (QED) is 0.763. The van der Waals surface area contributed by atoms with Crippen LogP contribution in [0.3, 0.4) is 0 Å². The summed E-state index contributed by atoms with van der Waals surface area (Å²) in [6.07, 6.45) is 2.92. The number of pyridine rings is 1. The first-order valence-corrected chi connectivity index (χ1v) is 6.66. The zero-order valence-electron chi connectivity index (χ0n) is 9.00. The van der Waals surface area contributed by atoms with Gasteiger partial charge in [-0.25, -0.2) is 4.98 Å². The average Bonchev–Trinajstić information content (AvgIpc) is 2.33. The molecule has 1 fully saturated rings. The normalized spacial score (nSPS) is 19.7. The molecule has 0 radical (unpaired) electrons. The highest BCUT2D eigenvalue weighted by atomic mass is 35.5. The van der Waals surface area contributed by atoms with Crippen molar-refractivity contribution >= 4 is 23.4 Å². The predicted molar refractivity (Wildman–Crippen MR) is 64.5 cm³/mol. The molecule has 0 unspecified atom stereocenters. The maximum atomic E-state index is 13.7.